The lowest BCUT2D eigenvalue weighted by molar-refractivity contribution is -0.274. The van der Waals surface area contributed by atoms with Gasteiger partial charge in [0.05, 0.1) is 41.6 Å². The highest BCUT2D eigenvalue weighted by molar-refractivity contribution is 6.33. The molecule has 1 saturated carbocycles. The Balaban J connectivity index is 1.23. The lowest BCUT2D eigenvalue weighted by atomic mass is 9.64. The maximum absolute atomic E-state index is 14.7. The van der Waals surface area contributed by atoms with Crippen molar-refractivity contribution in [3.63, 3.8) is 0 Å². The van der Waals surface area contributed by atoms with Crippen molar-refractivity contribution in [3.05, 3.63) is 159 Å². The van der Waals surface area contributed by atoms with E-state index in [0.29, 0.717) is 48.8 Å². The maximum Gasteiger partial charge on any atom is 0.573 e. The third-order valence-electron chi connectivity index (χ3n) is 13.2. The number of carbonyl (C=O) groups is 1. The summed E-state index contributed by atoms with van der Waals surface area (Å²) in [5.41, 5.74) is 0.807. The van der Waals surface area contributed by atoms with Gasteiger partial charge < -0.3 is 29.2 Å². The standard InChI is InChI=1S/C52H54ClF6NO7/c1-33-7-6-23-49(2)44(22-24-50(49,64)32-60(28-34-11-16-40(17-12-34)67-52(57,58)59)29-39(62)31-65-30-35-8-4-3-5-9-35)41-18-13-36(25-38(61)15-10-33)26-42(41)48(63)47-21-20-46(66-47)43-27-37(51(54,55)56)14-19-45(43)53/h3-5,7-9,11-14,16-21,26-27,38-39,44,61-62,64H,6,10,15,22-25,28-32H2,1-2H3. The number of furan rings is 1. The molecule has 0 radical (unpaired) electrons. The number of allylic oxidation sites excluding steroid dienone is 2. The summed E-state index contributed by atoms with van der Waals surface area (Å²) in [6, 6.07) is 25.9. The summed E-state index contributed by atoms with van der Waals surface area (Å²) in [6.07, 6.45) is -6.09. The summed E-state index contributed by atoms with van der Waals surface area (Å²) >= 11 is 6.35. The Hall–Kier alpha value is -4.96. The van der Waals surface area contributed by atoms with Crippen LogP contribution in [-0.4, -0.2) is 69.9 Å². The Labute approximate surface area is 390 Å². The number of hydrogen-bond donors (Lipinski definition) is 3. The smallest absolute Gasteiger partial charge is 0.453 e. The van der Waals surface area contributed by atoms with Crippen LogP contribution in [0.3, 0.4) is 0 Å². The molecule has 0 aliphatic heterocycles. The van der Waals surface area contributed by atoms with Crippen molar-refractivity contribution >= 4 is 17.4 Å². The minimum atomic E-state index is -4.87. The van der Waals surface area contributed by atoms with Crippen LogP contribution in [0.2, 0.25) is 5.02 Å². The molecule has 5 aromatic rings. The second-order valence-corrected chi connectivity index (χ2v) is 18.6. The molecule has 5 unspecified atom stereocenters. The van der Waals surface area contributed by atoms with E-state index in [1.54, 1.807) is 6.07 Å². The Morgan fingerprint density at radius 2 is 1.67 bits per heavy atom. The molecule has 2 bridgehead atoms. The minimum absolute atomic E-state index is 0.00137. The first-order valence-electron chi connectivity index (χ1n) is 22.3. The van der Waals surface area contributed by atoms with Gasteiger partial charge in [0.15, 0.2) is 5.76 Å². The number of hydrogen-bond acceptors (Lipinski definition) is 8. The molecule has 5 atom stereocenters. The van der Waals surface area contributed by atoms with Crippen molar-refractivity contribution in [2.75, 3.05) is 19.7 Å². The molecule has 8 nitrogen and oxygen atoms in total. The van der Waals surface area contributed by atoms with Crippen LogP contribution in [0.1, 0.15) is 102 Å². The third kappa shape index (κ3) is 12.4. The van der Waals surface area contributed by atoms with E-state index in [-0.39, 0.29) is 79.1 Å². The largest absolute Gasteiger partial charge is 0.573 e. The number of aliphatic hydroxyl groups is 3. The second kappa shape index (κ2) is 20.7. The summed E-state index contributed by atoms with van der Waals surface area (Å²) in [4.78, 5) is 16.6. The average molecular weight is 954 g/mol. The Morgan fingerprint density at radius 1 is 0.925 bits per heavy atom. The molecule has 1 heterocycles. The van der Waals surface area contributed by atoms with Gasteiger partial charge in [-0.3, -0.25) is 9.69 Å². The normalized spacial score (nSPS) is 22.0. The summed E-state index contributed by atoms with van der Waals surface area (Å²) in [7, 11) is 0. The Kier molecular flexibility index (Phi) is 15.4. The highest BCUT2D eigenvalue weighted by atomic mass is 35.5. The zero-order valence-electron chi connectivity index (χ0n) is 37.2. The highest BCUT2D eigenvalue weighted by Crippen LogP contribution is 2.59. The predicted molar refractivity (Wildman–Crippen MR) is 242 cm³/mol. The van der Waals surface area contributed by atoms with Crippen LogP contribution in [0.15, 0.2) is 119 Å². The lowest BCUT2D eigenvalue weighted by Crippen LogP contribution is -2.53. The van der Waals surface area contributed by atoms with Crippen molar-refractivity contribution in [1.29, 1.82) is 0 Å². The Bertz CT molecular complexity index is 2510. The van der Waals surface area contributed by atoms with Crippen molar-refractivity contribution in [2.24, 2.45) is 5.41 Å². The number of aliphatic hydroxyl groups excluding tert-OH is 2. The van der Waals surface area contributed by atoms with E-state index in [4.69, 9.17) is 20.8 Å². The molecule has 67 heavy (non-hydrogen) atoms. The number of ketones is 1. The average Bonchev–Trinajstić information content (AvgIpc) is 3.85. The topological polar surface area (TPSA) is 113 Å². The van der Waals surface area contributed by atoms with E-state index >= 15 is 0 Å². The SMILES string of the molecule is CC1=CCCC2(C)C(CCC2(O)CN(Cc2ccc(OC(F)(F)F)cc2)CC(O)COCc2ccccc2)c2ccc(cc2C(=O)c2ccc(-c3cc(C(F)(F)F)ccc3Cl)o2)CC(O)CC1. The van der Waals surface area contributed by atoms with E-state index in [1.807, 2.05) is 61.2 Å². The highest BCUT2D eigenvalue weighted by Gasteiger charge is 2.57. The number of alkyl halides is 6. The fourth-order valence-corrected chi connectivity index (χ4v) is 9.88. The fourth-order valence-electron chi connectivity index (χ4n) is 9.67. The zero-order valence-corrected chi connectivity index (χ0v) is 37.9. The molecule has 0 spiro atoms. The molecule has 1 fully saturated rings. The monoisotopic (exact) mass is 953 g/mol. The van der Waals surface area contributed by atoms with E-state index < -0.39 is 53.0 Å². The molecule has 3 aliphatic carbocycles. The maximum atomic E-state index is 14.7. The van der Waals surface area contributed by atoms with Crippen molar-refractivity contribution in [3.8, 4) is 17.1 Å². The van der Waals surface area contributed by atoms with Gasteiger partial charge in [-0.15, -0.1) is 13.2 Å². The minimum Gasteiger partial charge on any atom is -0.453 e. The van der Waals surface area contributed by atoms with Gasteiger partial charge in [-0.2, -0.15) is 13.2 Å². The van der Waals surface area contributed by atoms with Crippen LogP contribution in [0.25, 0.3) is 11.3 Å². The Morgan fingerprint density at radius 3 is 2.39 bits per heavy atom. The van der Waals surface area contributed by atoms with Crippen molar-refractivity contribution < 1.29 is 60.3 Å². The van der Waals surface area contributed by atoms with E-state index in [1.165, 1.54) is 36.4 Å². The van der Waals surface area contributed by atoms with Gasteiger partial charge in [0.1, 0.15) is 11.5 Å². The van der Waals surface area contributed by atoms with E-state index in [0.717, 1.165) is 29.3 Å². The van der Waals surface area contributed by atoms with E-state index in [2.05, 4.69) is 10.8 Å². The molecule has 1 aromatic heterocycles. The van der Waals surface area contributed by atoms with E-state index in [9.17, 15) is 46.5 Å². The number of ether oxygens (including phenoxy) is 2. The number of fused-ring (bicyclic) bond motifs is 8. The first kappa shape index (κ1) is 49.9. The summed E-state index contributed by atoms with van der Waals surface area (Å²) in [6.45, 7) is 4.43. The predicted octanol–water partition coefficient (Wildman–Crippen LogP) is 11.9. The van der Waals surface area contributed by atoms with Gasteiger partial charge in [0, 0.05) is 36.2 Å². The number of nitrogens with zero attached hydrogens (tertiary/aromatic N) is 1. The molecule has 3 N–H and O–H groups in total. The molecule has 15 heteroatoms. The first-order valence-corrected chi connectivity index (χ1v) is 22.6. The third-order valence-corrected chi connectivity index (χ3v) is 13.6. The fraction of sp³-hybridized carbons (Fsp3) is 0.404. The molecule has 358 valence electrons. The molecule has 0 amide bonds. The van der Waals surface area contributed by atoms with Gasteiger partial charge in [-0.25, -0.2) is 0 Å². The summed E-state index contributed by atoms with van der Waals surface area (Å²) in [5.74, 6) is -1.54. The molecule has 3 aliphatic rings. The number of carbonyl (C=O) groups excluding carboxylic acids is 1. The van der Waals surface area contributed by atoms with Gasteiger partial charge in [-0.05, 0) is 129 Å². The second-order valence-electron chi connectivity index (χ2n) is 18.1. The van der Waals surface area contributed by atoms with Gasteiger partial charge >= 0.3 is 12.5 Å². The quantitative estimate of drug-likeness (QED) is 0.0573. The molecule has 4 aromatic carbocycles. The summed E-state index contributed by atoms with van der Waals surface area (Å²) < 4.78 is 96.1. The van der Waals surface area contributed by atoms with Crippen molar-refractivity contribution in [1.82, 2.24) is 4.90 Å². The van der Waals surface area contributed by atoms with Crippen LogP contribution >= 0.6 is 11.6 Å². The zero-order chi connectivity index (χ0) is 48.1. The van der Waals surface area contributed by atoms with Gasteiger partial charge in [-0.1, -0.05) is 84.8 Å². The number of benzene rings is 4. The van der Waals surface area contributed by atoms with Crippen LogP contribution in [-0.2, 0) is 30.5 Å². The molecule has 0 saturated heterocycles. The summed E-state index contributed by atoms with van der Waals surface area (Å²) in [5, 5.41) is 35.7. The number of rotatable bonds is 14. The van der Waals surface area contributed by atoms with Gasteiger partial charge in [0.2, 0.25) is 5.78 Å². The number of halogens is 7. The van der Waals surface area contributed by atoms with Gasteiger partial charge in [0.25, 0.3) is 0 Å². The molecular weight excluding hydrogens is 900 g/mol. The molecular formula is C52H54ClF6NO7. The van der Waals surface area contributed by atoms with Crippen molar-refractivity contribution in [2.45, 2.75) is 108 Å². The first-order chi connectivity index (χ1) is 31.7. The van der Waals surface area contributed by atoms with Crippen LogP contribution in [0.5, 0.6) is 5.75 Å². The molecule has 8 rings (SSSR count). The van der Waals surface area contributed by atoms with Crippen LogP contribution in [0.4, 0.5) is 26.3 Å². The van der Waals surface area contributed by atoms with Crippen LogP contribution < -0.4 is 4.74 Å². The lowest BCUT2D eigenvalue weighted by Gasteiger charge is -2.46. The van der Waals surface area contributed by atoms with Crippen LogP contribution in [0, 0.1) is 5.41 Å².